The fourth-order valence-electron chi connectivity index (χ4n) is 3.86. The second-order valence-corrected chi connectivity index (χ2v) is 7.82. The van der Waals surface area contributed by atoms with Gasteiger partial charge in [0.25, 0.3) is 0 Å². The Hall–Kier alpha value is -3.18. The number of nitrogens with one attached hydrogen (secondary N) is 1. The van der Waals surface area contributed by atoms with Crippen LogP contribution in [0.5, 0.6) is 5.75 Å². The summed E-state index contributed by atoms with van der Waals surface area (Å²) in [5.74, 6) is -5.36. The van der Waals surface area contributed by atoms with Gasteiger partial charge in [-0.05, 0) is 18.6 Å². The number of carboxylic acids is 1. The van der Waals surface area contributed by atoms with Crippen molar-refractivity contribution < 1.29 is 41.4 Å². The molecule has 1 saturated carbocycles. The number of aliphatic carboxylic acids is 1. The first-order chi connectivity index (χ1) is 15.4. The number of H-pyrrole nitrogens is 1. The fraction of sp³-hybridized carbons (Fsp3) is 0.476. The van der Waals surface area contributed by atoms with Crippen LogP contribution in [-0.4, -0.2) is 64.4 Å². The van der Waals surface area contributed by atoms with Crippen molar-refractivity contribution in [2.24, 2.45) is 5.92 Å². The SMILES string of the molecule is COc1ccccc1-c1n[nH]c2c1CCN(C(=O)C1CC(F)(F)C1)CC2.O=C(O)C(F)(F)F. The second-order valence-electron chi connectivity index (χ2n) is 7.82. The number of ether oxygens (including phenoxy) is 1. The largest absolute Gasteiger partial charge is 0.496 e. The quantitative estimate of drug-likeness (QED) is 0.661. The Balaban J connectivity index is 0.000000383. The number of para-hydroxylation sites is 1. The second kappa shape index (κ2) is 9.36. The van der Waals surface area contributed by atoms with Crippen molar-refractivity contribution >= 4 is 11.9 Å². The van der Waals surface area contributed by atoms with E-state index in [1.165, 1.54) is 0 Å². The number of carbonyl (C=O) groups is 2. The highest BCUT2D eigenvalue weighted by molar-refractivity contribution is 5.80. The topological polar surface area (TPSA) is 95.5 Å². The van der Waals surface area contributed by atoms with Crippen molar-refractivity contribution in [2.45, 2.75) is 37.8 Å². The lowest BCUT2D eigenvalue weighted by molar-refractivity contribution is -0.192. The van der Waals surface area contributed by atoms with Crippen LogP contribution in [0.3, 0.4) is 0 Å². The van der Waals surface area contributed by atoms with Gasteiger partial charge >= 0.3 is 12.1 Å². The van der Waals surface area contributed by atoms with Crippen LogP contribution in [0.15, 0.2) is 24.3 Å². The summed E-state index contributed by atoms with van der Waals surface area (Å²) < 4.78 is 63.3. The van der Waals surface area contributed by atoms with Crippen molar-refractivity contribution in [2.75, 3.05) is 20.2 Å². The normalized spacial score (nSPS) is 17.7. The van der Waals surface area contributed by atoms with Gasteiger partial charge in [-0.3, -0.25) is 9.89 Å². The molecule has 1 aliphatic carbocycles. The number of alkyl halides is 5. The number of aromatic amines is 1. The van der Waals surface area contributed by atoms with Crippen LogP contribution in [0.2, 0.25) is 0 Å². The minimum Gasteiger partial charge on any atom is -0.496 e. The predicted molar refractivity (Wildman–Crippen MR) is 106 cm³/mol. The maximum absolute atomic E-state index is 13.1. The molecule has 1 amide bonds. The minimum absolute atomic E-state index is 0.145. The third kappa shape index (κ3) is 5.60. The first-order valence-electron chi connectivity index (χ1n) is 10.1. The Morgan fingerprint density at radius 3 is 2.36 bits per heavy atom. The van der Waals surface area contributed by atoms with Gasteiger partial charge in [-0.1, -0.05) is 12.1 Å². The molecule has 1 aromatic heterocycles. The third-order valence-corrected chi connectivity index (χ3v) is 5.57. The summed E-state index contributed by atoms with van der Waals surface area (Å²) >= 11 is 0. The van der Waals surface area contributed by atoms with Crippen molar-refractivity contribution in [1.29, 1.82) is 0 Å². The number of aromatic nitrogens is 2. The molecule has 7 nitrogen and oxygen atoms in total. The van der Waals surface area contributed by atoms with Gasteiger partial charge in [0.2, 0.25) is 11.8 Å². The number of halogens is 5. The average Bonchev–Trinajstić information content (AvgIpc) is 3.02. The smallest absolute Gasteiger partial charge is 0.490 e. The molecule has 0 unspecified atom stereocenters. The van der Waals surface area contributed by atoms with Crippen LogP contribution in [0, 0.1) is 5.92 Å². The molecule has 1 aliphatic heterocycles. The number of benzene rings is 1. The minimum atomic E-state index is -5.08. The van der Waals surface area contributed by atoms with Gasteiger partial charge in [-0.25, -0.2) is 13.6 Å². The molecule has 180 valence electrons. The molecule has 2 aromatic rings. The van der Waals surface area contributed by atoms with Gasteiger partial charge in [0.1, 0.15) is 5.75 Å². The number of hydrogen-bond donors (Lipinski definition) is 2. The highest BCUT2D eigenvalue weighted by Gasteiger charge is 2.49. The summed E-state index contributed by atoms with van der Waals surface area (Å²) in [6.07, 6.45) is -4.43. The van der Waals surface area contributed by atoms with E-state index in [9.17, 15) is 26.7 Å². The number of carboxylic acid groups (broad SMARTS) is 1. The zero-order valence-electron chi connectivity index (χ0n) is 17.6. The number of amides is 1. The van der Waals surface area contributed by atoms with Gasteiger partial charge in [0.15, 0.2) is 0 Å². The highest BCUT2D eigenvalue weighted by Crippen LogP contribution is 2.43. The Morgan fingerprint density at radius 2 is 1.79 bits per heavy atom. The third-order valence-electron chi connectivity index (χ3n) is 5.57. The fourth-order valence-corrected chi connectivity index (χ4v) is 3.86. The predicted octanol–water partition coefficient (Wildman–Crippen LogP) is 3.69. The molecule has 1 fully saturated rings. The molecule has 0 radical (unpaired) electrons. The number of carbonyl (C=O) groups excluding carboxylic acids is 1. The average molecular weight is 475 g/mol. The van der Waals surface area contributed by atoms with Gasteiger partial charge in [0.05, 0.1) is 12.8 Å². The molecule has 0 atom stereocenters. The Kier molecular flexibility index (Phi) is 6.94. The number of rotatable bonds is 3. The van der Waals surface area contributed by atoms with E-state index in [-0.39, 0.29) is 18.7 Å². The maximum Gasteiger partial charge on any atom is 0.490 e. The van der Waals surface area contributed by atoms with Crippen molar-refractivity contribution in [1.82, 2.24) is 15.1 Å². The van der Waals surface area contributed by atoms with Crippen LogP contribution in [0.25, 0.3) is 11.3 Å². The van der Waals surface area contributed by atoms with E-state index in [0.29, 0.717) is 25.9 Å². The molecular weight excluding hydrogens is 453 g/mol. The Labute approximate surface area is 185 Å². The summed E-state index contributed by atoms with van der Waals surface area (Å²) in [5.41, 5.74) is 3.82. The molecule has 0 spiro atoms. The lowest BCUT2D eigenvalue weighted by Crippen LogP contribution is -2.47. The highest BCUT2D eigenvalue weighted by atomic mass is 19.4. The summed E-state index contributed by atoms with van der Waals surface area (Å²) in [6, 6.07) is 7.68. The Bertz CT molecular complexity index is 1010. The number of hydrogen-bond acceptors (Lipinski definition) is 4. The monoisotopic (exact) mass is 475 g/mol. The van der Waals surface area contributed by atoms with Gasteiger partial charge in [-0.15, -0.1) is 0 Å². The molecule has 2 aliphatic rings. The van der Waals surface area contributed by atoms with E-state index in [4.69, 9.17) is 14.6 Å². The summed E-state index contributed by atoms with van der Waals surface area (Å²) in [4.78, 5) is 23.1. The van der Waals surface area contributed by atoms with E-state index < -0.39 is 24.0 Å². The standard InChI is InChI=1S/C19H21F2N3O2.C2HF3O2/c1-26-16-5-3-2-4-14(16)17-13-6-8-24(9-7-15(13)22-23-17)18(25)12-10-19(20,21)11-12;3-2(4,5)1(6)7/h2-5,12H,6-11H2,1H3,(H,22,23);(H,6,7). The number of methoxy groups -OCH3 is 1. The Morgan fingerprint density at radius 1 is 1.18 bits per heavy atom. The first-order valence-corrected chi connectivity index (χ1v) is 10.1. The van der Waals surface area contributed by atoms with Gasteiger partial charge in [-0.2, -0.15) is 18.3 Å². The van der Waals surface area contributed by atoms with E-state index in [0.717, 1.165) is 28.3 Å². The first kappa shape index (κ1) is 24.5. The molecule has 4 rings (SSSR count). The zero-order valence-corrected chi connectivity index (χ0v) is 17.6. The van der Waals surface area contributed by atoms with Gasteiger partial charge in [0, 0.05) is 55.1 Å². The van der Waals surface area contributed by atoms with Crippen molar-refractivity contribution in [3.8, 4) is 17.0 Å². The molecule has 2 N–H and O–H groups in total. The zero-order chi connectivity index (χ0) is 24.4. The molecular formula is C21H22F5N3O4. The maximum atomic E-state index is 13.1. The number of fused-ring (bicyclic) bond motifs is 1. The van der Waals surface area contributed by atoms with Gasteiger partial charge < -0.3 is 14.7 Å². The van der Waals surface area contributed by atoms with Crippen LogP contribution in [-0.2, 0) is 22.4 Å². The molecule has 1 aromatic carbocycles. The van der Waals surface area contributed by atoms with Crippen LogP contribution < -0.4 is 4.74 Å². The van der Waals surface area contributed by atoms with Crippen molar-refractivity contribution in [3.63, 3.8) is 0 Å². The van der Waals surface area contributed by atoms with E-state index in [2.05, 4.69) is 10.2 Å². The summed E-state index contributed by atoms with van der Waals surface area (Å²) in [6.45, 7) is 1.05. The van der Waals surface area contributed by atoms with E-state index >= 15 is 0 Å². The molecule has 0 bridgehead atoms. The lowest BCUT2D eigenvalue weighted by Gasteiger charge is -2.37. The summed E-state index contributed by atoms with van der Waals surface area (Å²) in [7, 11) is 1.62. The van der Waals surface area contributed by atoms with Crippen molar-refractivity contribution in [3.05, 3.63) is 35.5 Å². The van der Waals surface area contributed by atoms with Crippen LogP contribution >= 0.6 is 0 Å². The van der Waals surface area contributed by atoms with Crippen LogP contribution in [0.4, 0.5) is 22.0 Å². The summed E-state index contributed by atoms with van der Waals surface area (Å²) in [5, 5.41) is 14.7. The lowest BCUT2D eigenvalue weighted by atomic mass is 9.80. The van der Waals surface area contributed by atoms with E-state index in [1.807, 2.05) is 24.3 Å². The molecule has 33 heavy (non-hydrogen) atoms. The van der Waals surface area contributed by atoms with E-state index in [1.54, 1.807) is 12.0 Å². The molecule has 2 heterocycles. The molecule has 12 heteroatoms. The van der Waals surface area contributed by atoms with Crippen LogP contribution in [0.1, 0.15) is 24.1 Å². The number of nitrogens with zero attached hydrogens (tertiary/aromatic N) is 2. The molecule has 0 saturated heterocycles.